The summed E-state index contributed by atoms with van der Waals surface area (Å²) in [5, 5.41) is 14.7. The Morgan fingerprint density at radius 2 is 2.06 bits per heavy atom. The van der Waals surface area contributed by atoms with Crippen molar-refractivity contribution in [2.24, 2.45) is 11.3 Å². The molecule has 0 spiro atoms. The van der Waals surface area contributed by atoms with Gasteiger partial charge in [0.05, 0.1) is 5.41 Å². The summed E-state index contributed by atoms with van der Waals surface area (Å²) in [5.74, 6) is -1.25. The zero-order valence-corrected chi connectivity index (χ0v) is 10.0. The van der Waals surface area contributed by atoms with E-state index in [-0.39, 0.29) is 11.8 Å². The molecule has 0 aromatic rings. The molecule has 16 heavy (non-hydrogen) atoms. The van der Waals surface area contributed by atoms with E-state index in [9.17, 15) is 9.59 Å². The van der Waals surface area contributed by atoms with Crippen molar-refractivity contribution in [2.75, 3.05) is 13.1 Å². The molecule has 1 amide bonds. The van der Waals surface area contributed by atoms with Crippen molar-refractivity contribution in [3.05, 3.63) is 0 Å². The van der Waals surface area contributed by atoms with Crippen LogP contribution in [0.4, 0.5) is 0 Å². The minimum absolute atomic E-state index is 0.112. The minimum Gasteiger partial charge on any atom is -0.480 e. The zero-order valence-electron chi connectivity index (χ0n) is 10.0. The van der Waals surface area contributed by atoms with Crippen LogP contribution in [0.25, 0.3) is 0 Å². The van der Waals surface area contributed by atoms with Gasteiger partial charge in [-0.15, -0.1) is 0 Å². The molecule has 0 aromatic heterocycles. The first-order chi connectivity index (χ1) is 7.37. The van der Waals surface area contributed by atoms with Crippen molar-refractivity contribution in [3.63, 3.8) is 0 Å². The third-order valence-corrected chi connectivity index (χ3v) is 3.14. The van der Waals surface area contributed by atoms with E-state index < -0.39 is 17.4 Å². The number of hydrogen-bond acceptors (Lipinski definition) is 3. The van der Waals surface area contributed by atoms with Gasteiger partial charge in [0, 0.05) is 6.54 Å². The van der Waals surface area contributed by atoms with Gasteiger partial charge in [0.25, 0.3) is 0 Å². The van der Waals surface area contributed by atoms with Crippen LogP contribution >= 0.6 is 0 Å². The van der Waals surface area contributed by atoms with Gasteiger partial charge in [-0.2, -0.15) is 0 Å². The zero-order chi connectivity index (χ0) is 12.3. The second kappa shape index (κ2) is 4.82. The average Bonchev–Trinajstić information content (AvgIpc) is 2.61. The molecule has 0 saturated carbocycles. The van der Waals surface area contributed by atoms with Gasteiger partial charge in [0.15, 0.2) is 0 Å². The van der Waals surface area contributed by atoms with Crippen LogP contribution in [-0.2, 0) is 9.59 Å². The van der Waals surface area contributed by atoms with Gasteiger partial charge in [-0.25, -0.2) is 4.79 Å². The maximum absolute atomic E-state index is 12.0. The van der Waals surface area contributed by atoms with Gasteiger partial charge in [0.1, 0.15) is 6.04 Å². The fourth-order valence-electron chi connectivity index (χ4n) is 1.84. The van der Waals surface area contributed by atoms with Crippen molar-refractivity contribution < 1.29 is 14.7 Å². The molecule has 0 radical (unpaired) electrons. The van der Waals surface area contributed by atoms with E-state index in [0.717, 1.165) is 13.0 Å². The molecule has 1 rings (SSSR count). The van der Waals surface area contributed by atoms with Gasteiger partial charge >= 0.3 is 5.97 Å². The summed E-state index contributed by atoms with van der Waals surface area (Å²) in [6, 6.07) is -0.801. The van der Waals surface area contributed by atoms with Gasteiger partial charge in [-0.05, 0) is 25.8 Å². The van der Waals surface area contributed by atoms with Crippen molar-refractivity contribution in [1.29, 1.82) is 0 Å². The van der Waals surface area contributed by atoms with Gasteiger partial charge in [-0.3, -0.25) is 4.79 Å². The molecular weight excluding hydrogens is 208 g/mol. The number of rotatable bonds is 4. The number of amides is 1. The fourth-order valence-corrected chi connectivity index (χ4v) is 1.84. The van der Waals surface area contributed by atoms with Crippen LogP contribution in [-0.4, -0.2) is 36.1 Å². The van der Waals surface area contributed by atoms with E-state index in [4.69, 9.17) is 5.11 Å². The van der Waals surface area contributed by atoms with Crippen LogP contribution in [0.2, 0.25) is 0 Å². The molecule has 0 aliphatic carbocycles. The normalized spacial score (nSPS) is 26.8. The SMILES string of the molecule is CC(C)[C@H](NC(=O)C1(C)CCNC1)C(=O)O. The Hall–Kier alpha value is -1.10. The minimum atomic E-state index is -0.974. The predicted octanol–water partition coefficient (Wildman–Crippen LogP) is 0.211. The molecule has 5 heteroatoms. The summed E-state index contributed by atoms with van der Waals surface area (Å²) in [6.07, 6.45) is 0.753. The maximum Gasteiger partial charge on any atom is 0.326 e. The van der Waals surface area contributed by atoms with E-state index >= 15 is 0 Å². The van der Waals surface area contributed by atoms with Crippen molar-refractivity contribution in [3.8, 4) is 0 Å². The first-order valence-electron chi connectivity index (χ1n) is 5.61. The first-order valence-corrected chi connectivity index (χ1v) is 5.61. The Labute approximate surface area is 95.6 Å². The smallest absolute Gasteiger partial charge is 0.326 e. The molecule has 3 N–H and O–H groups in total. The highest BCUT2D eigenvalue weighted by molar-refractivity contribution is 5.87. The Morgan fingerprint density at radius 1 is 1.44 bits per heavy atom. The third kappa shape index (κ3) is 2.72. The monoisotopic (exact) mass is 228 g/mol. The van der Waals surface area contributed by atoms with Crippen molar-refractivity contribution in [1.82, 2.24) is 10.6 Å². The van der Waals surface area contributed by atoms with E-state index in [2.05, 4.69) is 10.6 Å². The summed E-state index contributed by atoms with van der Waals surface area (Å²) in [4.78, 5) is 22.9. The Morgan fingerprint density at radius 3 is 2.44 bits per heavy atom. The summed E-state index contributed by atoms with van der Waals surface area (Å²) in [7, 11) is 0. The standard InChI is InChI=1S/C11H20N2O3/c1-7(2)8(9(14)15)13-10(16)11(3)4-5-12-6-11/h7-8,12H,4-6H2,1-3H3,(H,13,16)(H,14,15)/t8-,11?/m0/s1. The van der Waals surface area contributed by atoms with Gasteiger partial charge < -0.3 is 15.7 Å². The summed E-state index contributed by atoms with van der Waals surface area (Å²) >= 11 is 0. The largest absolute Gasteiger partial charge is 0.480 e. The number of nitrogens with one attached hydrogen (secondary N) is 2. The molecule has 1 saturated heterocycles. The van der Waals surface area contributed by atoms with Crippen LogP contribution in [0.5, 0.6) is 0 Å². The molecular formula is C11H20N2O3. The number of carbonyl (C=O) groups is 2. The molecule has 5 nitrogen and oxygen atoms in total. The lowest BCUT2D eigenvalue weighted by Gasteiger charge is -2.26. The summed E-state index contributed by atoms with van der Waals surface area (Å²) in [6.45, 7) is 6.86. The van der Waals surface area contributed by atoms with Crippen molar-refractivity contribution in [2.45, 2.75) is 33.2 Å². The highest BCUT2D eigenvalue weighted by atomic mass is 16.4. The second-order valence-corrected chi connectivity index (χ2v) is 5.02. The molecule has 1 unspecified atom stereocenters. The Bertz CT molecular complexity index is 283. The third-order valence-electron chi connectivity index (χ3n) is 3.14. The average molecular weight is 228 g/mol. The number of carbonyl (C=O) groups excluding carboxylic acids is 1. The number of aliphatic carboxylic acids is 1. The van der Waals surface area contributed by atoms with E-state index in [1.165, 1.54) is 0 Å². The van der Waals surface area contributed by atoms with Gasteiger partial charge in [0.2, 0.25) is 5.91 Å². The van der Waals surface area contributed by atoms with Crippen LogP contribution in [0.15, 0.2) is 0 Å². The molecule has 1 aliphatic rings. The predicted molar refractivity (Wildman–Crippen MR) is 60.0 cm³/mol. The molecule has 1 fully saturated rings. The van der Waals surface area contributed by atoms with E-state index in [0.29, 0.717) is 6.54 Å². The summed E-state index contributed by atoms with van der Waals surface area (Å²) in [5.41, 5.74) is -0.470. The highest BCUT2D eigenvalue weighted by Gasteiger charge is 2.38. The Balaban J connectivity index is 2.65. The fraction of sp³-hybridized carbons (Fsp3) is 0.818. The first kappa shape index (κ1) is 13.0. The van der Waals surface area contributed by atoms with Crippen LogP contribution in [0, 0.1) is 11.3 Å². The molecule has 92 valence electrons. The molecule has 2 atom stereocenters. The van der Waals surface area contributed by atoms with E-state index in [1.54, 1.807) is 13.8 Å². The highest BCUT2D eigenvalue weighted by Crippen LogP contribution is 2.24. The van der Waals surface area contributed by atoms with E-state index in [1.807, 2.05) is 6.92 Å². The number of carboxylic acid groups (broad SMARTS) is 1. The number of hydrogen-bond donors (Lipinski definition) is 3. The Kier molecular flexibility index (Phi) is 3.91. The lowest BCUT2D eigenvalue weighted by molar-refractivity contribution is -0.144. The lowest BCUT2D eigenvalue weighted by atomic mass is 9.88. The molecule has 0 aromatic carbocycles. The topological polar surface area (TPSA) is 78.4 Å². The van der Waals surface area contributed by atoms with Crippen LogP contribution in [0.1, 0.15) is 27.2 Å². The molecule has 1 aliphatic heterocycles. The van der Waals surface area contributed by atoms with Crippen LogP contribution < -0.4 is 10.6 Å². The van der Waals surface area contributed by atoms with Crippen LogP contribution in [0.3, 0.4) is 0 Å². The molecule has 1 heterocycles. The lowest BCUT2D eigenvalue weighted by Crippen LogP contribution is -2.50. The quantitative estimate of drug-likeness (QED) is 0.643. The maximum atomic E-state index is 12.0. The second-order valence-electron chi connectivity index (χ2n) is 5.02. The van der Waals surface area contributed by atoms with Crippen molar-refractivity contribution >= 4 is 11.9 Å². The van der Waals surface area contributed by atoms with Gasteiger partial charge in [-0.1, -0.05) is 13.8 Å². The summed E-state index contributed by atoms with van der Waals surface area (Å²) < 4.78 is 0. The molecule has 0 bridgehead atoms. The number of carboxylic acids is 1.